The molecule has 1 amide bonds. The molecule has 0 heterocycles. The highest BCUT2D eigenvalue weighted by molar-refractivity contribution is 6.30. The van der Waals surface area contributed by atoms with Crippen LogP contribution in [0.3, 0.4) is 0 Å². The van der Waals surface area contributed by atoms with Crippen LogP contribution in [0.15, 0.2) is 24.3 Å². The highest BCUT2D eigenvalue weighted by Crippen LogP contribution is 2.21. The van der Waals surface area contributed by atoms with E-state index in [1.807, 2.05) is 43.1 Å². The second kappa shape index (κ2) is 8.15. The summed E-state index contributed by atoms with van der Waals surface area (Å²) in [5.41, 5.74) is 6.84. The van der Waals surface area contributed by atoms with Crippen LogP contribution >= 0.6 is 11.6 Å². The lowest BCUT2D eigenvalue weighted by Gasteiger charge is -2.26. The van der Waals surface area contributed by atoms with E-state index in [1.54, 1.807) is 0 Å². The van der Waals surface area contributed by atoms with Gasteiger partial charge in [0.1, 0.15) is 0 Å². The first-order valence-electron chi connectivity index (χ1n) is 6.51. The third-order valence-corrected chi connectivity index (χ3v) is 3.19. The van der Waals surface area contributed by atoms with Crippen LogP contribution in [0.5, 0.6) is 0 Å². The number of hydrogen-bond acceptors (Lipinski definition) is 3. The summed E-state index contributed by atoms with van der Waals surface area (Å²) in [5.74, 6) is 0.0184. The molecule has 1 aromatic carbocycles. The topological polar surface area (TPSA) is 58.4 Å². The zero-order valence-electron chi connectivity index (χ0n) is 11.5. The van der Waals surface area contributed by atoms with Gasteiger partial charge in [0, 0.05) is 24.2 Å². The van der Waals surface area contributed by atoms with E-state index in [-0.39, 0.29) is 11.9 Å². The van der Waals surface area contributed by atoms with Crippen molar-refractivity contribution in [2.45, 2.75) is 19.4 Å². The largest absolute Gasteiger partial charge is 0.355 e. The molecule has 0 bridgehead atoms. The number of nitrogens with zero attached hydrogens (tertiary/aromatic N) is 1. The molecule has 0 radical (unpaired) electrons. The lowest BCUT2D eigenvalue weighted by atomic mass is 10.1. The number of rotatable bonds is 7. The molecular formula is C14H22ClN3O. The highest BCUT2D eigenvalue weighted by Gasteiger charge is 2.17. The maximum Gasteiger partial charge on any atom is 0.234 e. The third-order valence-electron chi connectivity index (χ3n) is 2.95. The molecule has 0 saturated carbocycles. The Morgan fingerprint density at radius 1 is 1.53 bits per heavy atom. The van der Waals surface area contributed by atoms with Crippen molar-refractivity contribution in [1.29, 1.82) is 0 Å². The standard InChI is InChI=1S/C14H22ClN3O/c1-3-7-17-14(19)10-18(2)13(9-16)11-5-4-6-12(15)8-11/h4-6,8,13H,3,7,9-10,16H2,1-2H3,(H,17,19). The van der Waals surface area contributed by atoms with Gasteiger partial charge in [-0.3, -0.25) is 9.69 Å². The number of amides is 1. The van der Waals surface area contributed by atoms with Crippen LogP contribution < -0.4 is 11.1 Å². The minimum atomic E-state index is -0.00826. The Bertz CT molecular complexity index is 411. The fourth-order valence-corrected chi connectivity index (χ4v) is 2.14. The molecule has 1 unspecified atom stereocenters. The third kappa shape index (κ3) is 5.19. The van der Waals surface area contributed by atoms with Crippen LogP contribution in [-0.2, 0) is 4.79 Å². The minimum absolute atomic E-state index is 0.00826. The number of benzene rings is 1. The fourth-order valence-electron chi connectivity index (χ4n) is 1.94. The van der Waals surface area contributed by atoms with Gasteiger partial charge in [-0.15, -0.1) is 0 Å². The Morgan fingerprint density at radius 2 is 2.26 bits per heavy atom. The van der Waals surface area contributed by atoms with Gasteiger partial charge in [-0.2, -0.15) is 0 Å². The van der Waals surface area contributed by atoms with Gasteiger partial charge < -0.3 is 11.1 Å². The summed E-state index contributed by atoms with van der Waals surface area (Å²) in [6.07, 6.45) is 0.935. The lowest BCUT2D eigenvalue weighted by molar-refractivity contribution is -0.122. The number of nitrogens with two attached hydrogens (primary N) is 1. The predicted octanol–water partition coefficient (Wildman–Crippen LogP) is 1.80. The van der Waals surface area contributed by atoms with E-state index >= 15 is 0 Å². The maximum atomic E-state index is 11.7. The second-order valence-electron chi connectivity index (χ2n) is 4.57. The maximum absolute atomic E-state index is 11.7. The molecule has 106 valence electrons. The van der Waals surface area contributed by atoms with E-state index in [0.717, 1.165) is 12.0 Å². The van der Waals surface area contributed by atoms with Crippen molar-refractivity contribution in [2.24, 2.45) is 5.73 Å². The molecule has 0 aliphatic rings. The molecular weight excluding hydrogens is 262 g/mol. The molecule has 0 aliphatic carbocycles. The SMILES string of the molecule is CCCNC(=O)CN(C)C(CN)c1cccc(Cl)c1. The Kier molecular flexibility index (Phi) is 6.84. The second-order valence-corrected chi connectivity index (χ2v) is 5.01. The van der Waals surface area contributed by atoms with Gasteiger partial charge in [-0.05, 0) is 31.2 Å². The number of hydrogen-bond donors (Lipinski definition) is 2. The van der Waals surface area contributed by atoms with Crippen molar-refractivity contribution >= 4 is 17.5 Å². The Labute approximate surface area is 119 Å². The molecule has 0 fully saturated rings. The molecule has 0 saturated heterocycles. The fraction of sp³-hybridized carbons (Fsp3) is 0.500. The van der Waals surface area contributed by atoms with Crippen molar-refractivity contribution in [3.05, 3.63) is 34.9 Å². The number of halogens is 1. The van der Waals surface area contributed by atoms with Gasteiger partial charge in [-0.25, -0.2) is 0 Å². The summed E-state index contributed by atoms with van der Waals surface area (Å²) in [6, 6.07) is 7.58. The van der Waals surface area contributed by atoms with Crippen LogP contribution in [0.2, 0.25) is 5.02 Å². The summed E-state index contributed by atoms with van der Waals surface area (Å²) in [7, 11) is 1.89. The average Bonchev–Trinajstić information content (AvgIpc) is 2.37. The van der Waals surface area contributed by atoms with E-state index in [2.05, 4.69) is 5.32 Å². The Balaban J connectivity index is 2.66. The molecule has 1 atom stereocenters. The summed E-state index contributed by atoms with van der Waals surface area (Å²) < 4.78 is 0. The smallest absolute Gasteiger partial charge is 0.234 e. The zero-order valence-corrected chi connectivity index (χ0v) is 12.3. The zero-order chi connectivity index (χ0) is 14.3. The molecule has 1 rings (SSSR count). The quantitative estimate of drug-likeness (QED) is 0.802. The van der Waals surface area contributed by atoms with Gasteiger partial charge in [0.05, 0.1) is 6.54 Å². The van der Waals surface area contributed by atoms with Crippen LogP contribution in [-0.4, -0.2) is 37.5 Å². The monoisotopic (exact) mass is 283 g/mol. The van der Waals surface area contributed by atoms with Gasteiger partial charge in [-0.1, -0.05) is 30.7 Å². The van der Waals surface area contributed by atoms with Crippen molar-refractivity contribution in [3.63, 3.8) is 0 Å². The van der Waals surface area contributed by atoms with E-state index in [1.165, 1.54) is 0 Å². The number of carbonyl (C=O) groups excluding carboxylic acids is 1. The molecule has 3 N–H and O–H groups in total. The minimum Gasteiger partial charge on any atom is -0.355 e. The van der Waals surface area contributed by atoms with E-state index in [4.69, 9.17) is 17.3 Å². The summed E-state index contributed by atoms with van der Waals surface area (Å²) in [4.78, 5) is 13.7. The molecule has 4 nitrogen and oxygen atoms in total. The van der Waals surface area contributed by atoms with Crippen molar-refractivity contribution < 1.29 is 4.79 Å². The van der Waals surface area contributed by atoms with E-state index in [9.17, 15) is 4.79 Å². The first-order valence-corrected chi connectivity index (χ1v) is 6.88. The average molecular weight is 284 g/mol. The Morgan fingerprint density at radius 3 is 2.84 bits per heavy atom. The van der Waals surface area contributed by atoms with Crippen LogP contribution in [0, 0.1) is 0 Å². The van der Waals surface area contributed by atoms with Crippen LogP contribution in [0.1, 0.15) is 24.9 Å². The molecule has 0 spiro atoms. The lowest BCUT2D eigenvalue weighted by Crippen LogP contribution is -2.39. The predicted molar refractivity (Wildman–Crippen MR) is 79.2 cm³/mol. The highest BCUT2D eigenvalue weighted by atomic mass is 35.5. The first-order chi connectivity index (χ1) is 9.08. The summed E-state index contributed by atoms with van der Waals surface area (Å²) in [5, 5.41) is 3.54. The Hall–Kier alpha value is -1.10. The number of nitrogens with one attached hydrogen (secondary N) is 1. The van der Waals surface area contributed by atoms with Crippen molar-refractivity contribution in [1.82, 2.24) is 10.2 Å². The number of carbonyl (C=O) groups is 1. The molecule has 19 heavy (non-hydrogen) atoms. The van der Waals surface area contributed by atoms with Crippen molar-refractivity contribution in [2.75, 3.05) is 26.7 Å². The summed E-state index contributed by atoms with van der Waals surface area (Å²) >= 11 is 5.99. The molecule has 1 aromatic rings. The van der Waals surface area contributed by atoms with Crippen LogP contribution in [0.25, 0.3) is 0 Å². The normalized spacial score (nSPS) is 12.5. The van der Waals surface area contributed by atoms with Gasteiger partial charge in [0.25, 0.3) is 0 Å². The first kappa shape index (κ1) is 16.0. The van der Waals surface area contributed by atoms with Gasteiger partial charge in [0.2, 0.25) is 5.91 Å². The molecule has 0 aromatic heterocycles. The van der Waals surface area contributed by atoms with Gasteiger partial charge >= 0.3 is 0 Å². The molecule has 5 heteroatoms. The van der Waals surface area contributed by atoms with Crippen molar-refractivity contribution in [3.8, 4) is 0 Å². The molecule has 0 aliphatic heterocycles. The summed E-state index contributed by atoms with van der Waals surface area (Å²) in [6.45, 7) is 3.50. The number of likely N-dealkylation sites (N-methyl/N-ethyl adjacent to an activating group) is 1. The van der Waals surface area contributed by atoms with E-state index in [0.29, 0.717) is 24.7 Å². The van der Waals surface area contributed by atoms with Crippen LogP contribution in [0.4, 0.5) is 0 Å². The van der Waals surface area contributed by atoms with E-state index < -0.39 is 0 Å². The van der Waals surface area contributed by atoms with Gasteiger partial charge in [0.15, 0.2) is 0 Å².